The van der Waals surface area contributed by atoms with Crippen LogP contribution < -0.4 is 0 Å². The van der Waals surface area contributed by atoms with Gasteiger partial charge in [0.1, 0.15) is 0 Å². The fraction of sp³-hybridized carbons (Fsp3) is 0.167. The molecule has 0 saturated heterocycles. The number of nitro groups is 1. The minimum Gasteiger partial charge on any atom is -0.410 e. The van der Waals surface area contributed by atoms with Gasteiger partial charge in [-0.1, -0.05) is 53.7 Å². The molecule has 0 amide bonds. The van der Waals surface area contributed by atoms with Crippen LogP contribution in [0.2, 0.25) is 0 Å². The summed E-state index contributed by atoms with van der Waals surface area (Å²) >= 11 is 0. The highest BCUT2D eigenvalue weighted by atomic mass is 16.6. The second kappa shape index (κ2) is 7.35. The molecule has 0 bridgehead atoms. The van der Waals surface area contributed by atoms with E-state index in [4.69, 9.17) is 0 Å². The van der Waals surface area contributed by atoms with E-state index in [0.29, 0.717) is 0 Å². The van der Waals surface area contributed by atoms with Crippen molar-refractivity contribution < 1.29 is 10.1 Å². The third-order valence-corrected chi connectivity index (χ3v) is 3.71. The predicted molar refractivity (Wildman–Crippen MR) is 90.3 cm³/mol. The van der Waals surface area contributed by atoms with Gasteiger partial charge in [0.05, 0.1) is 4.92 Å². The monoisotopic (exact) mass is 310 g/mol. The fourth-order valence-electron chi connectivity index (χ4n) is 2.30. The first kappa shape index (κ1) is 16.4. The summed E-state index contributed by atoms with van der Waals surface area (Å²) in [4.78, 5) is 10.9. The largest absolute Gasteiger partial charge is 0.410 e. The van der Waals surface area contributed by atoms with Crippen molar-refractivity contribution in [1.82, 2.24) is 0 Å². The van der Waals surface area contributed by atoms with Crippen LogP contribution in [0.1, 0.15) is 22.3 Å². The molecule has 5 nitrogen and oxygen atoms in total. The van der Waals surface area contributed by atoms with Gasteiger partial charge in [-0.3, -0.25) is 10.1 Å². The Labute approximate surface area is 134 Å². The molecular weight excluding hydrogens is 292 g/mol. The van der Waals surface area contributed by atoms with Crippen LogP contribution >= 0.6 is 0 Å². The molecule has 0 aliphatic heterocycles. The minimum absolute atomic E-state index is 0.0348. The molecule has 0 fully saturated rings. The second-order valence-electron chi connectivity index (χ2n) is 5.29. The number of aryl methyl sites for hydroxylation is 2. The minimum atomic E-state index is -0.514. The summed E-state index contributed by atoms with van der Waals surface area (Å²) in [6.45, 7) is 3.79. The molecule has 0 radical (unpaired) electrons. The SMILES string of the molecule is Cc1ccccc1/C=C(\C(Cc1ccccc1C)=N\O)[N+](=O)[O-]. The molecule has 0 spiro atoms. The standard InChI is InChI=1S/C18H18N2O3/c1-13-7-3-5-9-15(13)11-17(19-21)18(20(22)23)12-16-10-6-4-8-14(16)2/h3-10,12,21H,11H2,1-2H3/b18-12+,19-17+. The Morgan fingerprint density at radius 3 is 2.30 bits per heavy atom. The topological polar surface area (TPSA) is 75.7 Å². The van der Waals surface area contributed by atoms with Crippen LogP contribution in [0.4, 0.5) is 0 Å². The van der Waals surface area contributed by atoms with E-state index >= 15 is 0 Å². The van der Waals surface area contributed by atoms with E-state index < -0.39 is 4.92 Å². The summed E-state index contributed by atoms with van der Waals surface area (Å²) in [6, 6.07) is 14.9. The normalized spacial score (nSPS) is 12.3. The number of rotatable bonds is 5. The first-order valence-electron chi connectivity index (χ1n) is 7.20. The van der Waals surface area contributed by atoms with Crippen LogP contribution in [0.15, 0.2) is 59.4 Å². The average molecular weight is 310 g/mol. The van der Waals surface area contributed by atoms with Gasteiger partial charge in [-0.05, 0) is 36.1 Å². The second-order valence-corrected chi connectivity index (χ2v) is 5.29. The van der Waals surface area contributed by atoms with Crippen molar-refractivity contribution in [3.8, 4) is 0 Å². The van der Waals surface area contributed by atoms with Gasteiger partial charge in [-0.2, -0.15) is 0 Å². The maximum Gasteiger partial charge on any atom is 0.295 e. The molecule has 2 aromatic rings. The molecule has 1 N–H and O–H groups in total. The van der Waals surface area contributed by atoms with Crippen LogP contribution in [0, 0.1) is 24.0 Å². The molecule has 5 heteroatoms. The molecule has 0 aliphatic carbocycles. The van der Waals surface area contributed by atoms with E-state index in [2.05, 4.69) is 5.16 Å². The van der Waals surface area contributed by atoms with Gasteiger partial charge in [0.25, 0.3) is 5.70 Å². The molecule has 2 aromatic carbocycles. The Kier molecular flexibility index (Phi) is 5.25. The Morgan fingerprint density at radius 1 is 1.13 bits per heavy atom. The highest BCUT2D eigenvalue weighted by molar-refractivity contribution is 6.02. The van der Waals surface area contributed by atoms with Crippen molar-refractivity contribution in [3.63, 3.8) is 0 Å². The van der Waals surface area contributed by atoms with Crippen LogP contribution in [0.3, 0.4) is 0 Å². The summed E-state index contributed by atoms with van der Waals surface area (Å²) in [7, 11) is 0. The van der Waals surface area contributed by atoms with E-state index in [1.165, 1.54) is 6.08 Å². The van der Waals surface area contributed by atoms with Crippen molar-refractivity contribution in [3.05, 3.63) is 86.6 Å². The lowest BCUT2D eigenvalue weighted by molar-refractivity contribution is -0.413. The Bertz CT molecular complexity index is 779. The van der Waals surface area contributed by atoms with Gasteiger partial charge in [-0.15, -0.1) is 0 Å². The molecule has 0 saturated carbocycles. The number of allylic oxidation sites excluding steroid dienone is 1. The smallest absolute Gasteiger partial charge is 0.295 e. The van der Waals surface area contributed by atoms with Gasteiger partial charge in [0.2, 0.25) is 0 Å². The van der Waals surface area contributed by atoms with Crippen LogP contribution in [-0.4, -0.2) is 15.8 Å². The Hall–Kier alpha value is -2.95. The van der Waals surface area contributed by atoms with Crippen molar-refractivity contribution in [1.29, 1.82) is 0 Å². The molecule has 0 heterocycles. The van der Waals surface area contributed by atoms with E-state index in [0.717, 1.165) is 22.3 Å². The first-order chi connectivity index (χ1) is 11.0. The van der Waals surface area contributed by atoms with Crippen molar-refractivity contribution in [2.75, 3.05) is 0 Å². The van der Waals surface area contributed by atoms with Gasteiger partial charge < -0.3 is 5.21 Å². The van der Waals surface area contributed by atoms with Gasteiger partial charge in [0.15, 0.2) is 5.71 Å². The van der Waals surface area contributed by atoms with E-state index in [-0.39, 0.29) is 17.8 Å². The third kappa shape index (κ3) is 4.03. The molecule has 0 atom stereocenters. The van der Waals surface area contributed by atoms with Crippen molar-refractivity contribution in [2.45, 2.75) is 20.3 Å². The molecule has 2 rings (SSSR count). The lowest BCUT2D eigenvalue weighted by Gasteiger charge is -2.06. The molecule has 0 unspecified atom stereocenters. The van der Waals surface area contributed by atoms with Crippen LogP contribution in [0.25, 0.3) is 6.08 Å². The molecule has 118 valence electrons. The number of benzene rings is 2. The third-order valence-electron chi connectivity index (χ3n) is 3.71. The summed E-state index contributed by atoms with van der Waals surface area (Å²) in [5, 5.41) is 23.9. The lowest BCUT2D eigenvalue weighted by atomic mass is 10.00. The average Bonchev–Trinajstić information content (AvgIpc) is 2.53. The van der Waals surface area contributed by atoms with Crippen molar-refractivity contribution >= 4 is 11.8 Å². The van der Waals surface area contributed by atoms with E-state index in [9.17, 15) is 15.3 Å². The lowest BCUT2D eigenvalue weighted by Crippen LogP contribution is -2.15. The summed E-state index contributed by atoms with van der Waals surface area (Å²) in [5.74, 6) is 0. The Morgan fingerprint density at radius 2 is 1.74 bits per heavy atom. The summed E-state index contributed by atoms with van der Waals surface area (Å²) in [5.41, 5.74) is 3.35. The van der Waals surface area contributed by atoms with Gasteiger partial charge >= 0.3 is 0 Å². The zero-order valence-electron chi connectivity index (χ0n) is 13.1. The molecule has 0 aliphatic rings. The number of hydrogen-bond acceptors (Lipinski definition) is 4. The highest BCUT2D eigenvalue weighted by Gasteiger charge is 2.21. The van der Waals surface area contributed by atoms with Crippen LogP contribution in [0.5, 0.6) is 0 Å². The Balaban J connectivity index is 2.42. The number of nitrogens with zero attached hydrogens (tertiary/aromatic N) is 2. The maximum atomic E-state index is 11.4. The number of oxime groups is 1. The summed E-state index contributed by atoms with van der Waals surface area (Å²) < 4.78 is 0. The zero-order valence-corrected chi connectivity index (χ0v) is 13.1. The first-order valence-corrected chi connectivity index (χ1v) is 7.20. The molecule has 23 heavy (non-hydrogen) atoms. The highest BCUT2D eigenvalue weighted by Crippen LogP contribution is 2.17. The molecular formula is C18H18N2O3. The van der Waals surface area contributed by atoms with Gasteiger partial charge in [0, 0.05) is 12.5 Å². The quantitative estimate of drug-likeness (QED) is 0.392. The fourth-order valence-corrected chi connectivity index (χ4v) is 2.30. The number of hydrogen-bond donors (Lipinski definition) is 1. The summed E-state index contributed by atoms with van der Waals surface area (Å²) in [6.07, 6.45) is 1.64. The van der Waals surface area contributed by atoms with Gasteiger partial charge in [-0.25, -0.2) is 0 Å². The maximum absolute atomic E-state index is 11.4. The van der Waals surface area contributed by atoms with E-state index in [1.807, 2.05) is 56.3 Å². The van der Waals surface area contributed by atoms with E-state index in [1.54, 1.807) is 6.07 Å². The molecule has 0 aromatic heterocycles. The van der Waals surface area contributed by atoms with Crippen LogP contribution in [-0.2, 0) is 6.42 Å². The predicted octanol–water partition coefficient (Wildman–Crippen LogP) is 3.99. The van der Waals surface area contributed by atoms with Crippen molar-refractivity contribution in [2.24, 2.45) is 5.16 Å². The zero-order chi connectivity index (χ0) is 16.8.